The van der Waals surface area contributed by atoms with Crippen molar-refractivity contribution in [2.24, 2.45) is 0 Å². The molecule has 4 nitrogen and oxygen atoms in total. The third-order valence-electron chi connectivity index (χ3n) is 2.67. The summed E-state index contributed by atoms with van der Waals surface area (Å²) < 4.78 is 0. The summed E-state index contributed by atoms with van der Waals surface area (Å²) in [5.41, 5.74) is 0.855. The zero-order valence-corrected chi connectivity index (χ0v) is 8.31. The van der Waals surface area contributed by atoms with Gasteiger partial charge in [-0.2, -0.15) is 0 Å². The van der Waals surface area contributed by atoms with Gasteiger partial charge in [0, 0.05) is 13.1 Å². The zero-order valence-electron chi connectivity index (χ0n) is 8.31. The molecule has 1 aromatic carbocycles. The Hall–Kier alpha value is -1.71. The van der Waals surface area contributed by atoms with Crippen LogP contribution in [0.15, 0.2) is 18.2 Å². The SMILES string of the molecule is O=C(O)c1ccc(N2CCCC2)c(O)c1. The molecule has 0 radical (unpaired) electrons. The summed E-state index contributed by atoms with van der Waals surface area (Å²) in [5, 5.41) is 18.4. The molecule has 1 saturated heterocycles. The number of carboxylic acids is 1. The van der Waals surface area contributed by atoms with Crippen LogP contribution >= 0.6 is 0 Å². The minimum absolute atomic E-state index is 0.0526. The van der Waals surface area contributed by atoms with Crippen LogP contribution in [0.4, 0.5) is 5.69 Å². The number of carbonyl (C=O) groups is 1. The van der Waals surface area contributed by atoms with E-state index in [1.54, 1.807) is 6.07 Å². The maximum Gasteiger partial charge on any atom is 0.335 e. The highest BCUT2D eigenvalue weighted by Crippen LogP contribution is 2.30. The number of phenolic OH excluding ortho intramolecular Hbond substituents is 1. The second-order valence-electron chi connectivity index (χ2n) is 3.70. The number of aromatic carboxylic acids is 1. The Morgan fingerprint density at radius 1 is 1.27 bits per heavy atom. The normalized spacial score (nSPS) is 15.6. The summed E-state index contributed by atoms with van der Waals surface area (Å²) in [6.45, 7) is 1.86. The Kier molecular flexibility index (Phi) is 2.49. The van der Waals surface area contributed by atoms with Crippen molar-refractivity contribution in [3.63, 3.8) is 0 Å². The van der Waals surface area contributed by atoms with E-state index in [2.05, 4.69) is 4.90 Å². The van der Waals surface area contributed by atoms with Gasteiger partial charge in [0.2, 0.25) is 0 Å². The summed E-state index contributed by atoms with van der Waals surface area (Å²) >= 11 is 0. The van der Waals surface area contributed by atoms with Gasteiger partial charge in [-0.1, -0.05) is 0 Å². The van der Waals surface area contributed by atoms with E-state index in [1.807, 2.05) is 0 Å². The largest absolute Gasteiger partial charge is 0.506 e. The molecule has 0 atom stereocenters. The average Bonchev–Trinajstić information content (AvgIpc) is 2.70. The van der Waals surface area contributed by atoms with Crippen LogP contribution in [0.3, 0.4) is 0 Å². The molecule has 4 heteroatoms. The predicted molar refractivity (Wildman–Crippen MR) is 56.5 cm³/mol. The Morgan fingerprint density at radius 2 is 1.93 bits per heavy atom. The van der Waals surface area contributed by atoms with E-state index in [-0.39, 0.29) is 11.3 Å². The summed E-state index contributed by atoms with van der Waals surface area (Å²) in [6, 6.07) is 4.50. The number of aromatic hydroxyl groups is 1. The maximum atomic E-state index is 10.7. The first-order chi connectivity index (χ1) is 7.18. The summed E-state index contributed by atoms with van der Waals surface area (Å²) in [7, 11) is 0. The zero-order chi connectivity index (χ0) is 10.8. The summed E-state index contributed by atoms with van der Waals surface area (Å²) in [6.07, 6.45) is 2.25. The Bertz CT molecular complexity index is 383. The smallest absolute Gasteiger partial charge is 0.335 e. The average molecular weight is 207 g/mol. The molecule has 0 aliphatic carbocycles. The number of nitrogens with zero attached hydrogens (tertiary/aromatic N) is 1. The molecule has 1 aromatic rings. The van der Waals surface area contributed by atoms with Gasteiger partial charge < -0.3 is 15.1 Å². The highest BCUT2D eigenvalue weighted by molar-refractivity contribution is 5.89. The van der Waals surface area contributed by atoms with Crippen LogP contribution in [-0.4, -0.2) is 29.3 Å². The van der Waals surface area contributed by atoms with Gasteiger partial charge in [0.15, 0.2) is 0 Å². The van der Waals surface area contributed by atoms with Crippen molar-refractivity contribution in [2.45, 2.75) is 12.8 Å². The summed E-state index contributed by atoms with van der Waals surface area (Å²) in [4.78, 5) is 12.7. The predicted octanol–water partition coefficient (Wildman–Crippen LogP) is 1.69. The maximum absolute atomic E-state index is 10.7. The van der Waals surface area contributed by atoms with Gasteiger partial charge in [0.25, 0.3) is 0 Å². The lowest BCUT2D eigenvalue weighted by Crippen LogP contribution is -2.17. The number of benzene rings is 1. The van der Waals surface area contributed by atoms with Crippen LogP contribution in [0, 0.1) is 0 Å². The lowest BCUT2D eigenvalue weighted by molar-refractivity contribution is 0.0696. The number of hydrogen-bond acceptors (Lipinski definition) is 3. The number of phenols is 1. The van der Waals surface area contributed by atoms with E-state index in [1.165, 1.54) is 12.1 Å². The van der Waals surface area contributed by atoms with Crippen molar-refractivity contribution in [1.82, 2.24) is 0 Å². The lowest BCUT2D eigenvalue weighted by atomic mass is 10.2. The molecular weight excluding hydrogens is 194 g/mol. The van der Waals surface area contributed by atoms with Gasteiger partial charge in [0.05, 0.1) is 11.3 Å². The van der Waals surface area contributed by atoms with Gasteiger partial charge in [-0.15, -0.1) is 0 Å². The van der Waals surface area contributed by atoms with E-state index in [0.29, 0.717) is 0 Å². The number of anilines is 1. The highest BCUT2D eigenvalue weighted by atomic mass is 16.4. The molecule has 0 amide bonds. The van der Waals surface area contributed by atoms with E-state index in [0.717, 1.165) is 31.6 Å². The van der Waals surface area contributed by atoms with Crippen molar-refractivity contribution in [3.05, 3.63) is 23.8 Å². The lowest BCUT2D eigenvalue weighted by Gasteiger charge is -2.18. The standard InChI is InChI=1S/C11H13NO3/c13-10-7-8(11(14)15)3-4-9(10)12-5-1-2-6-12/h3-4,7,13H,1-2,5-6H2,(H,14,15). The Labute approximate surface area is 87.8 Å². The first-order valence-electron chi connectivity index (χ1n) is 5.00. The quantitative estimate of drug-likeness (QED) is 0.774. The molecule has 0 bridgehead atoms. The van der Waals surface area contributed by atoms with Crippen molar-refractivity contribution in [2.75, 3.05) is 18.0 Å². The molecule has 80 valence electrons. The molecule has 1 fully saturated rings. The van der Waals surface area contributed by atoms with Crippen LogP contribution in [0.2, 0.25) is 0 Å². The van der Waals surface area contributed by atoms with Gasteiger partial charge in [-0.05, 0) is 31.0 Å². The second-order valence-corrected chi connectivity index (χ2v) is 3.70. The van der Waals surface area contributed by atoms with Crippen molar-refractivity contribution < 1.29 is 15.0 Å². The van der Waals surface area contributed by atoms with Gasteiger partial charge in [-0.25, -0.2) is 4.79 Å². The molecule has 0 spiro atoms. The minimum atomic E-state index is -1.02. The molecule has 1 aliphatic heterocycles. The Morgan fingerprint density at radius 3 is 2.47 bits per heavy atom. The van der Waals surface area contributed by atoms with Gasteiger partial charge in [0.1, 0.15) is 5.75 Å². The molecule has 2 rings (SSSR count). The van der Waals surface area contributed by atoms with E-state index < -0.39 is 5.97 Å². The second kappa shape index (κ2) is 3.81. The number of carboxylic acid groups (broad SMARTS) is 1. The Balaban J connectivity index is 2.29. The topological polar surface area (TPSA) is 60.8 Å². The monoisotopic (exact) mass is 207 g/mol. The minimum Gasteiger partial charge on any atom is -0.506 e. The molecule has 2 N–H and O–H groups in total. The summed E-state index contributed by atoms with van der Waals surface area (Å²) in [5.74, 6) is -0.963. The number of hydrogen-bond donors (Lipinski definition) is 2. The highest BCUT2D eigenvalue weighted by Gasteiger charge is 2.16. The van der Waals surface area contributed by atoms with Crippen LogP contribution < -0.4 is 4.90 Å². The fourth-order valence-corrected chi connectivity index (χ4v) is 1.88. The van der Waals surface area contributed by atoms with Crippen LogP contribution in [0.25, 0.3) is 0 Å². The third kappa shape index (κ3) is 1.88. The molecule has 1 aliphatic rings. The van der Waals surface area contributed by atoms with Crippen LogP contribution in [-0.2, 0) is 0 Å². The van der Waals surface area contributed by atoms with Crippen molar-refractivity contribution in [1.29, 1.82) is 0 Å². The number of rotatable bonds is 2. The molecule has 0 unspecified atom stereocenters. The molecule has 0 saturated carbocycles. The van der Waals surface area contributed by atoms with Crippen molar-refractivity contribution in [3.8, 4) is 5.75 Å². The van der Waals surface area contributed by atoms with E-state index in [4.69, 9.17) is 5.11 Å². The van der Waals surface area contributed by atoms with Gasteiger partial charge >= 0.3 is 5.97 Å². The molecule has 1 heterocycles. The van der Waals surface area contributed by atoms with Gasteiger partial charge in [-0.3, -0.25) is 0 Å². The first kappa shape index (κ1) is 9.83. The van der Waals surface area contributed by atoms with E-state index >= 15 is 0 Å². The third-order valence-corrected chi connectivity index (χ3v) is 2.67. The van der Waals surface area contributed by atoms with Crippen LogP contribution in [0.1, 0.15) is 23.2 Å². The van der Waals surface area contributed by atoms with Crippen molar-refractivity contribution >= 4 is 11.7 Å². The fraction of sp³-hybridized carbons (Fsp3) is 0.364. The molecule has 15 heavy (non-hydrogen) atoms. The molecular formula is C11H13NO3. The molecule has 0 aromatic heterocycles. The van der Waals surface area contributed by atoms with E-state index in [9.17, 15) is 9.90 Å². The first-order valence-corrected chi connectivity index (χ1v) is 5.00. The van der Waals surface area contributed by atoms with Crippen LogP contribution in [0.5, 0.6) is 5.75 Å². The fourth-order valence-electron chi connectivity index (χ4n) is 1.88.